The molecule has 1 aromatic carbocycles. The van der Waals surface area contributed by atoms with Crippen LogP contribution in [0, 0.1) is 0 Å². The molecule has 6 nitrogen and oxygen atoms in total. The van der Waals surface area contributed by atoms with E-state index in [4.69, 9.17) is 9.47 Å². The predicted molar refractivity (Wildman–Crippen MR) is 68.7 cm³/mol. The lowest BCUT2D eigenvalue weighted by molar-refractivity contribution is 0.0679. The van der Waals surface area contributed by atoms with Gasteiger partial charge in [0.1, 0.15) is 5.75 Å². The van der Waals surface area contributed by atoms with E-state index in [0.717, 1.165) is 11.3 Å². The van der Waals surface area contributed by atoms with E-state index in [1.807, 2.05) is 0 Å². The average molecular weight is 287 g/mol. The summed E-state index contributed by atoms with van der Waals surface area (Å²) in [5.74, 6) is 0.735. The second kappa shape index (κ2) is 5.87. The van der Waals surface area contributed by atoms with Gasteiger partial charge in [-0.15, -0.1) is 0 Å². The quantitative estimate of drug-likeness (QED) is 0.763. The maximum atomic E-state index is 12.0. The van der Waals surface area contributed by atoms with Gasteiger partial charge < -0.3 is 14.6 Å². The smallest absolute Gasteiger partial charge is 0.240 e. The molecule has 1 unspecified atom stereocenters. The Morgan fingerprint density at radius 2 is 2.32 bits per heavy atom. The first-order chi connectivity index (χ1) is 9.03. The number of ether oxygens (including phenoxy) is 2. The normalized spacial score (nSPS) is 15.9. The van der Waals surface area contributed by atoms with Gasteiger partial charge in [-0.05, 0) is 23.8 Å². The molecule has 0 radical (unpaired) electrons. The third kappa shape index (κ3) is 3.44. The summed E-state index contributed by atoms with van der Waals surface area (Å²) in [4.78, 5) is 0.182. The van der Waals surface area contributed by atoms with E-state index in [2.05, 4.69) is 4.72 Å². The summed E-state index contributed by atoms with van der Waals surface area (Å²) in [5.41, 5.74) is 0.889. The van der Waals surface area contributed by atoms with Gasteiger partial charge in [0.2, 0.25) is 10.0 Å². The van der Waals surface area contributed by atoms with Gasteiger partial charge >= 0.3 is 0 Å². The predicted octanol–water partition coefficient (Wildman–Crippen LogP) is -0.0929. The molecule has 1 atom stereocenters. The van der Waals surface area contributed by atoms with E-state index in [9.17, 15) is 13.5 Å². The molecular formula is C12H17NO5S. The van der Waals surface area contributed by atoms with Crippen molar-refractivity contribution in [1.29, 1.82) is 0 Å². The van der Waals surface area contributed by atoms with Gasteiger partial charge in [-0.2, -0.15) is 0 Å². The lowest BCUT2D eigenvalue weighted by Gasteiger charge is -2.11. The van der Waals surface area contributed by atoms with E-state index in [1.165, 1.54) is 13.2 Å². The van der Waals surface area contributed by atoms with E-state index in [1.54, 1.807) is 12.1 Å². The third-order valence-electron chi connectivity index (χ3n) is 2.84. The average Bonchev–Trinajstić information content (AvgIpc) is 2.84. The standard InChI is InChI=1S/C12H17NO5S/c1-17-8-10(14)7-13-19(15,16)11-2-3-12-9(6-11)4-5-18-12/h2-3,6,10,13-14H,4-5,7-8H2,1H3. The number of aliphatic hydroxyl groups excluding tert-OH is 1. The van der Waals surface area contributed by atoms with Crippen LogP contribution in [0.25, 0.3) is 0 Å². The van der Waals surface area contributed by atoms with Crippen LogP contribution < -0.4 is 9.46 Å². The van der Waals surface area contributed by atoms with Crippen LogP contribution in [0.4, 0.5) is 0 Å². The van der Waals surface area contributed by atoms with Gasteiger partial charge in [-0.1, -0.05) is 0 Å². The molecule has 2 rings (SSSR count). The van der Waals surface area contributed by atoms with Crippen molar-refractivity contribution in [3.05, 3.63) is 23.8 Å². The van der Waals surface area contributed by atoms with Gasteiger partial charge in [0.25, 0.3) is 0 Å². The van der Waals surface area contributed by atoms with Gasteiger partial charge in [-0.3, -0.25) is 0 Å². The van der Waals surface area contributed by atoms with E-state index in [-0.39, 0.29) is 18.0 Å². The molecule has 0 bridgehead atoms. The topological polar surface area (TPSA) is 84.9 Å². The van der Waals surface area contributed by atoms with Crippen LogP contribution in [0.2, 0.25) is 0 Å². The maximum absolute atomic E-state index is 12.0. The molecule has 0 fully saturated rings. The van der Waals surface area contributed by atoms with Crippen LogP contribution in [-0.4, -0.2) is 46.5 Å². The first kappa shape index (κ1) is 14.3. The zero-order chi connectivity index (χ0) is 13.9. The SMILES string of the molecule is COCC(O)CNS(=O)(=O)c1ccc2c(c1)CCO2. The molecule has 0 saturated heterocycles. The Morgan fingerprint density at radius 1 is 1.53 bits per heavy atom. The molecule has 1 aromatic rings. The number of fused-ring (bicyclic) bond motifs is 1. The highest BCUT2D eigenvalue weighted by atomic mass is 32.2. The lowest BCUT2D eigenvalue weighted by atomic mass is 10.2. The van der Waals surface area contributed by atoms with Crippen LogP contribution in [0.5, 0.6) is 5.75 Å². The van der Waals surface area contributed by atoms with Crippen molar-refractivity contribution in [1.82, 2.24) is 4.72 Å². The van der Waals surface area contributed by atoms with E-state index < -0.39 is 16.1 Å². The molecule has 0 spiro atoms. The number of rotatable bonds is 6. The zero-order valence-corrected chi connectivity index (χ0v) is 11.4. The number of hydrogen-bond donors (Lipinski definition) is 2. The molecule has 19 heavy (non-hydrogen) atoms. The number of hydrogen-bond acceptors (Lipinski definition) is 5. The molecule has 106 valence electrons. The van der Waals surface area contributed by atoms with Crippen LogP contribution in [0.3, 0.4) is 0 Å². The summed E-state index contributed by atoms with van der Waals surface area (Å²) in [6.07, 6.45) is -0.150. The first-order valence-electron chi connectivity index (χ1n) is 5.95. The molecule has 0 aliphatic carbocycles. The Kier molecular flexibility index (Phi) is 4.41. The first-order valence-corrected chi connectivity index (χ1v) is 7.43. The molecule has 1 heterocycles. The summed E-state index contributed by atoms with van der Waals surface area (Å²) >= 11 is 0. The number of sulfonamides is 1. The second-order valence-electron chi connectivity index (χ2n) is 4.33. The van der Waals surface area contributed by atoms with Crippen LogP contribution >= 0.6 is 0 Å². The van der Waals surface area contributed by atoms with Gasteiger partial charge in [-0.25, -0.2) is 13.1 Å². The number of nitrogens with one attached hydrogen (secondary N) is 1. The molecule has 1 aliphatic rings. The van der Waals surface area contributed by atoms with Crippen molar-refractivity contribution in [3.63, 3.8) is 0 Å². The number of benzene rings is 1. The van der Waals surface area contributed by atoms with Crippen molar-refractivity contribution < 1.29 is 23.0 Å². The molecule has 2 N–H and O–H groups in total. The fourth-order valence-corrected chi connectivity index (χ4v) is 2.99. The molecule has 1 aliphatic heterocycles. The Morgan fingerprint density at radius 3 is 3.05 bits per heavy atom. The fourth-order valence-electron chi connectivity index (χ4n) is 1.87. The molecular weight excluding hydrogens is 270 g/mol. The summed E-state index contributed by atoms with van der Waals surface area (Å²) in [5, 5.41) is 9.44. The Hall–Kier alpha value is -1.15. The van der Waals surface area contributed by atoms with Crippen molar-refractivity contribution in [2.45, 2.75) is 17.4 Å². The van der Waals surface area contributed by atoms with Crippen LogP contribution in [0.1, 0.15) is 5.56 Å². The lowest BCUT2D eigenvalue weighted by Crippen LogP contribution is -2.34. The molecule has 0 amide bonds. The minimum absolute atomic E-state index is 0.0796. The largest absolute Gasteiger partial charge is 0.493 e. The molecule has 7 heteroatoms. The summed E-state index contributed by atoms with van der Waals surface area (Å²) in [6.45, 7) is 0.586. The van der Waals surface area contributed by atoms with Crippen LogP contribution in [0.15, 0.2) is 23.1 Å². The van der Waals surface area contributed by atoms with Gasteiger partial charge in [0, 0.05) is 20.1 Å². The van der Waals surface area contributed by atoms with Crippen molar-refractivity contribution >= 4 is 10.0 Å². The number of methoxy groups -OCH3 is 1. The Balaban J connectivity index is 2.07. The monoisotopic (exact) mass is 287 g/mol. The van der Waals surface area contributed by atoms with Crippen molar-refractivity contribution in [2.75, 3.05) is 26.9 Å². The summed E-state index contributed by atoms with van der Waals surface area (Å²) < 4.78 is 36.5. The highest BCUT2D eigenvalue weighted by molar-refractivity contribution is 7.89. The summed E-state index contributed by atoms with van der Waals surface area (Å²) in [7, 11) is -2.17. The maximum Gasteiger partial charge on any atom is 0.240 e. The minimum atomic E-state index is -3.62. The zero-order valence-electron chi connectivity index (χ0n) is 10.6. The van der Waals surface area contributed by atoms with Crippen molar-refractivity contribution in [2.24, 2.45) is 0 Å². The molecule has 0 saturated carbocycles. The summed E-state index contributed by atoms with van der Waals surface area (Å²) in [6, 6.07) is 4.75. The Bertz CT molecular complexity index is 543. The molecule has 0 aromatic heterocycles. The number of aliphatic hydroxyl groups is 1. The minimum Gasteiger partial charge on any atom is -0.493 e. The third-order valence-corrected chi connectivity index (χ3v) is 4.26. The van der Waals surface area contributed by atoms with Gasteiger partial charge in [0.05, 0.1) is 24.2 Å². The Labute approximate surface area is 112 Å². The van der Waals surface area contributed by atoms with Crippen LogP contribution in [-0.2, 0) is 21.2 Å². The van der Waals surface area contributed by atoms with E-state index in [0.29, 0.717) is 13.0 Å². The second-order valence-corrected chi connectivity index (χ2v) is 6.10. The van der Waals surface area contributed by atoms with E-state index >= 15 is 0 Å². The highest BCUT2D eigenvalue weighted by Gasteiger charge is 2.19. The fraction of sp³-hybridized carbons (Fsp3) is 0.500. The van der Waals surface area contributed by atoms with Crippen molar-refractivity contribution in [3.8, 4) is 5.75 Å². The highest BCUT2D eigenvalue weighted by Crippen LogP contribution is 2.27. The van der Waals surface area contributed by atoms with Gasteiger partial charge in [0.15, 0.2) is 0 Å².